The summed E-state index contributed by atoms with van der Waals surface area (Å²) in [5.74, 6) is -0.940. The van der Waals surface area contributed by atoms with E-state index in [1.807, 2.05) is 0 Å². The number of hydrogen-bond acceptors (Lipinski definition) is 4. The van der Waals surface area contributed by atoms with Crippen molar-refractivity contribution in [2.24, 2.45) is 0 Å². The number of nitrogens with one attached hydrogen (secondary N) is 1. The maximum atomic E-state index is 13.5. The van der Waals surface area contributed by atoms with Gasteiger partial charge in [0.2, 0.25) is 0 Å². The van der Waals surface area contributed by atoms with Crippen molar-refractivity contribution in [2.45, 2.75) is 0 Å². The van der Waals surface area contributed by atoms with Crippen LogP contribution in [0.15, 0.2) is 48.9 Å². The van der Waals surface area contributed by atoms with Crippen LogP contribution < -0.4 is 5.32 Å². The van der Waals surface area contributed by atoms with Crippen LogP contribution in [0.1, 0.15) is 10.4 Å². The molecule has 0 atom stereocenters. The molecule has 0 aliphatic carbocycles. The fraction of sp³-hybridized carbons (Fsp3) is 0. The second-order valence-corrected chi connectivity index (χ2v) is 4.06. The smallest absolute Gasteiger partial charge is 0.257 e. The Hall–Kier alpha value is -2.89. The molecule has 1 aromatic carbocycles. The number of fused-ring (bicyclic) bond motifs is 1. The number of anilines is 1. The number of carbonyl (C=O) groups excluding carboxylic acids is 1. The minimum Gasteiger partial charge on any atom is -0.319 e. The van der Waals surface area contributed by atoms with Gasteiger partial charge in [-0.3, -0.25) is 9.78 Å². The summed E-state index contributed by atoms with van der Waals surface area (Å²) in [7, 11) is 0. The number of aromatic nitrogens is 3. The highest BCUT2D eigenvalue weighted by Crippen LogP contribution is 2.15. The molecule has 0 radical (unpaired) electrons. The zero-order chi connectivity index (χ0) is 13.9. The average Bonchev–Trinajstić information content (AvgIpc) is 2.49. The monoisotopic (exact) mass is 268 g/mol. The Bertz CT molecular complexity index is 791. The summed E-state index contributed by atoms with van der Waals surface area (Å²) in [5.41, 5.74) is 1.38. The summed E-state index contributed by atoms with van der Waals surface area (Å²) in [6.07, 6.45) is 4.42. The van der Waals surface area contributed by atoms with Gasteiger partial charge in [0.25, 0.3) is 5.91 Å². The van der Waals surface area contributed by atoms with Crippen molar-refractivity contribution in [3.8, 4) is 0 Å². The molecule has 2 aromatic heterocycles. The zero-order valence-corrected chi connectivity index (χ0v) is 10.2. The third-order valence-corrected chi connectivity index (χ3v) is 2.71. The van der Waals surface area contributed by atoms with Crippen LogP contribution >= 0.6 is 0 Å². The Balaban J connectivity index is 1.91. The molecule has 0 spiro atoms. The van der Waals surface area contributed by atoms with Gasteiger partial charge in [-0.25, -0.2) is 14.4 Å². The van der Waals surface area contributed by atoms with E-state index in [0.717, 1.165) is 0 Å². The van der Waals surface area contributed by atoms with E-state index in [9.17, 15) is 9.18 Å². The highest BCUT2D eigenvalue weighted by atomic mass is 19.1. The number of carbonyl (C=O) groups is 1. The molecule has 0 saturated heterocycles. The van der Waals surface area contributed by atoms with Gasteiger partial charge in [-0.1, -0.05) is 12.1 Å². The van der Waals surface area contributed by atoms with Crippen molar-refractivity contribution in [2.75, 3.05) is 5.32 Å². The summed E-state index contributed by atoms with van der Waals surface area (Å²) < 4.78 is 13.5. The Kier molecular flexibility index (Phi) is 3.04. The first-order valence-corrected chi connectivity index (χ1v) is 5.87. The first kappa shape index (κ1) is 12.2. The van der Waals surface area contributed by atoms with E-state index in [-0.39, 0.29) is 5.69 Å². The number of halogens is 1. The number of benzene rings is 1. The molecule has 0 bridgehead atoms. The molecular formula is C14H9FN4O. The van der Waals surface area contributed by atoms with Crippen molar-refractivity contribution in [1.29, 1.82) is 0 Å². The Morgan fingerprint density at radius 2 is 1.90 bits per heavy atom. The number of rotatable bonds is 2. The van der Waals surface area contributed by atoms with Crippen LogP contribution in [0.2, 0.25) is 0 Å². The number of hydrogen-bond donors (Lipinski definition) is 1. The number of nitrogens with zero attached hydrogens (tertiary/aromatic N) is 3. The van der Waals surface area contributed by atoms with Gasteiger partial charge in [-0.2, -0.15) is 0 Å². The van der Waals surface area contributed by atoms with Gasteiger partial charge in [-0.15, -0.1) is 0 Å². The molecule has 1 amide bonds. The predicted molar refractivity (Wildman–Crippen MR) is 71.7 cm³/mol. The summed E-state index contributed by atoms with van der Waals surface area (Å²) >= 11 is 0. The molecule has 3 aromatic rings. The Labute approximate surface area is 113 Å². The maximum Gasteiger partial charge on any atom is 0.257 e. The number of para-hydroxylation sites is 1. The fourth-order valence-electron chi connectivity index (χ4n) is 1.74. The Morgan fingerprint density at radius 3 is 2.75 bits per heavy atom. The number of pyridine rings is 1. The predicted octanol–water partition coefficient (Wildman–Crippen LogP) is 2.42. The average molecular weight is 268 g/mol. The van der Waals surface area contributed by atoms with Crippen molar-refractivity contribution < 1.29 is 9.18 Å². The lowest BCUT2D eigenvalue weighted by molar-refractivity contribution is 0.102. The Morgan fingerprint density at radius 1 is 1.10 bits per heavy atom. The van der Waals surface area contributed by atoms with Gasteiger partial charge in [0.1, 0.15) is 11.3 Å². The van der Waals surface area contributed by atoms with Gasteiger partial charge < -0.3 is 5.32 Å². The molecule has 2 heterocycles. The van der Waals surface area contributed by atoms with Crippen molar-refractivity contribution in [3.05, 3.63) is 60.3 Å². The third kappa shape index (κ3) is 2.31. The molecule has 6 heteroatoms. The van der Waals surface area contributed by atoms with Gasteiger partial charge >= 0.3 is 0 Å². The van der Waals surface area contributed by atoms with E-state index in [0.29, 0.717) is 16.7 Å². The van der Waals surface area contributed by atoms with Crippen LogP contribution in [-0.4, -0.2) is 20.9 Å². The molecule has 98 valence electrons. The largest absolute Gasteiger partial charge is 0.319 e. The minimum absolute atomic E-state index is 0.122. The molecule has 3 rings (SSSR count). The SMILES string of the molecule is O=C(Nc1ccccc1F)c1cnc2nccnc2c1. The van der Waals surface area contributed by atoms with Gasteiger partial charge in [0.05, 0.1) is 11.3 Å². The quantitative estimate of drug-likeness (QED) is 0.775. The topological polar surface area (TPSA) is 67.8 Å². The van der Waals surface area contributed by atoms with E-state index in [1.165, 1.54) is 30.7 Å². The van der Waals surface area contributed by atoms with Crippen LogP contribution in [-0.2, 0) is 0 Å². The molecule has 1 N–H and O–H groups in total. The van der Waals surface area contributed by atoms with Crippen LogP contribution in [0.3, 0.4) is 0 Å². The maximum absolute atomic E-state index is 13.5. The normalized spacial score (nSPS) is 10.4. The second kappa shape index (κ2) is 5.00. The lowest BCUT2D eigenvalue weighted by atomic mass is 10.2. The van der Waals surface area contributed by atoms with E-state index >= 15 is 0 Å². The molecule has 0 saturated carbocycles. The lowest BCUT2D eigenvalue weighted by Gasteiger charge is -2.06. The first-order chi connectivity index (χ1) is 9.74. The first-order valence-electron chi connectivity index (χ1n) is 5.87. The van der Waals surface area contributed by atoms with Crippen LogP contribution in [0.5, 0.6) is 0 Å². The van der Waals surface area contributed by atoms with E-state index in [2.05, 4.69) is 20.3 Å². The molecule has 5 nitrogen and oxygen atoms in total. The van der Waals surface area contributed by atoms with Crippen molar-refractivity contribution in [1.82, 2.24) is 15.0 Å². The highest BCUT2D eigenvalue weighted by Gasteiger charge is 2.10. The number of amides is 1. The van der Waals surface area contributed by atoms with Gasteiger partial charge in [0, 0.05) is 18.6 Å². The summed E-state index contributed by atoms with van der Waals surface area (Å²) in [6, 6.07) is 7.52. The molecule has 0 fully saturated rings. The van der Waals surface area contributed by atoms with E-state index < -0.39 is 11.7 Å². The fourth-order valence-corrected chi connectivity index (χ4v) is 1.74. The van der Waals surface area contributed by atoms with Crippen LogP contribution in [0, 0.1) is 5.82 Å². The van der Waals surface area contributed by atoms with E-state index in [4.69, 9.17) is 0 Å². The molecular weight excluding hydrogens is 259 g/mol. The summed E-state index contributed by atoms with van der Waals surface area (Å²) in [4.78, 5) is 24.2. The lowest BCUT2D eigenvalue weighted by Crippen LogP contribution is -2.13. The second-order valence-electron chi connectivity index (χ2n) is 4.06. The summed E-state index contributed by atoms with van der Waals surface area (Å²) in [6.45, 7) is 0. The highest BCUT2D eigenvalue weighted by molar-refractivity contribution is 6.05. The third-order valence-electron chi connectivity index (χ3n) is 2.71. The molecule has 20 heavy (non-hydrogen) atoms. The molecule has 0 aliphatic rings. The molecule has 0 aliphatic heterocycles. The van der Waals surface area contributed by atoms with Gasteiger partial charge in [-0.05, 0) is 18.2 Å². The van der Waals surface area contributed by atoms with Crippen molar-refractivity contribution >= 4 is 22.8 Å². The zero-order valence-electron chi connectivity index (χ0n) is 10.2. The van der Waals surface area contributed by atoms with Gasteiger partial charge in [0.15, 0.2) is 5.65 Å². The van der Waals surface area contributed by atoms with Crippen LogP contribution in [0.25, 0.3) is 11.2 Å². The van der Waals surface area contributed by atoms with E-state index in [1.54, 1.807) is 18.2 Å². The minimum atomic E-state index is -0.491. The summed E-state index contributed by atoms with van der Waals surface area (Å²) in [5, 5.41) is 2.49. The van der Waals surface area contributed by atoms with Crippen LogP contribution in [0.4, 0.5) is 10.1 Å². The molecule has 0 unspecified atom stereocenters. The standard InChI is InChI=1S/C14H9FN4O/c15-10-3-1-2-4-11(10)19-14(20)9-7-12-13(18-8-9)17-6-5-16-12/h1-8H,(H,19,20). The van der Waals surface area contributed by atoms with Crippen molar-refractivity contribution in [3.63, 3.8) is 0 Å².